The van der Waals surface area contributed by atoms with Gasteiger partial charge in [0.05, 0.1) is 11.5 Å². The fourth-order valence-electron chi connectivity index (χ4n) is 4.71. The molecule has 1 amide bonds. The van der Waals surface area contributed by atoms with Crippen molar-refractivity contribution in [3.63, 3.8) is 0 Å². The van der Waals surface area contributed by atoms with Gasteiger partial charge in [0.25, 0.3) is 5.91 Å². The third-order valence-electron chi connectivity index (χ3n) is 6.46. The Bertz CT molecular complexity index is 1360. The van der Waals surface area contributed by atoms with Gasteiger partial charge in [-0.1, -0.05) is 60.7 Å². The Balaban J connectivity index is 1.76. The molecule has 0 fully saturated rings. The summed E-state index contributed by atoms with van der Waals surface area (Å²) in [6, 6.07) is 23.6. The van der Waals surface area contributed by atoms with Crippen LogP contribution in [0.3, 0.4) is 0 Å². The highest BCUT2D eigenvalue weighted by Crippen LogP contribution is 2.44. The van der Waals surface area contributed by atoms with Gasteiger partial charge in [0.15, 0.2) is 0 Å². The second kappa shape index (κ2) is 7.38. The molecule has 0 radical (unpaired) electrons. The van der Waals surface area contributed by atoms with Crippen molar-refractivity contribution in [2.75, 3.05) is 0 Å². The molecule has 0 saturated heterocycles. The monoisotopic (exact) mass is 426 g/mol. The molecule has 32 heavy (non-hydrogen) atoms. The quantitative estimate of drug-likeness (QED) is 0.397. The van der Waals surface area contributed by atoms with E-state index in [0.717, 1.165) is 33.3 Å². The zero-order chi connectivity index (χ0) is 22.5. The van der Waals surface area contributed by atoms with Gasteiger partial charge in [-0.25, -0.2) is 4.39 Å². The number of H-pyrrole nitrogens is 1. The molecule has 5 rings (SSSR count). The number of fused-ring (bicyclic) bond motifs is 1. The van der Waals surface area contributed by atoms with Crippen LogP contribution in [0.25, 0.3) is 10.9 Å². The summed E-state index contributed by atoms with van der Waals surface area (Å²) < 4.78 is 13.9. The number of aliphatic hydroxyl groups excluding tert-OH is 1. The lowest BCUT2D eigenvalue weighted by Gasteiger charge is -2.25. The molecule has 3 N–H and O–H groups in total. The van der Waals surface area contributed by atoms with Crippen molar-refractivity contribution in [3.05, 3.63) is 118 Å². The number of amides is 1. The molecule has 4 nitrogen and oxygen atoms in total. The predicted octanol–water partition coefficient (Wildman–Crippen LogP) is 5.60. The van der Waals surface area contributed by atoms with Gasteiger partial charge >= 0.3 is 0 Å². The number of carbonyl (C=O) groups is 1. The second-order valence-corrected chi connectivity index (χ2v) is 8.40. The maximum absolute atomic E-state index is 13.9. The molecular weight excluding hydrogens is 403 g/mol. The molecule has 1 aliphatic heterocycles. The highest BCUT2D eigenvalue weighted by Gasteiger charge is 2.46. The van der Waals surface area contributed by atoms with E-state index in [1.165, 1.54) is 12.1 Å². The van der Waals surface area contributed by atoms with E-state index in [9.17, 15) is 14.3 Å². The minimum Gasteiger partial charge on any atom is -0.509 e. The van der Waals surface area contributed by atoms with Crippen LogP contribution in [0.4, 0.5) is 4.39 Å². The first-order chi connectivity index (χ1) is 15.4. The largest absolute Gasteiger partial charge is 0.509 e. The Morgan fingerprint density at radius 1 is 0.969 bits per heavy atom. The van der Waals surface area contributed by atoms with Gasteiger partial charge in [0.2, 0.25) is 0 Å². The van der Waals surface area contributed by atoms with E-state index in [0.29, 0.717) is 0 Å². The average Bonchev–Trinajstić information content (AvgIpc) is 3.24. The van der Waals surface area contributed by atoms with Crippen LogP contribution < -0.4 is 5.32 Å². The van der Waals surface area contributed by atoms with E-state index in [1.54, 1.807) is 13.0 Å². The second-order valence-electron chi connectivity index (χ2n) is 8.40. The number of hydrogen-bond acceptors (Lipinski definition) is 2. The first-order valence-electron chi connectivity index (χ1n) is 10.5. The lowest BCUT2D eigenvalue weighted by Crippen LogP contribution is -2.39. The van der Waals surface area contributed by atoms with Gasteiger partial charge in [-0.2, -0.15) is 0 Å². The zero-order valence-electron chi connectivity index (χ0n) is 17.8. The Labute approximate surface area is 185 Å². The number of halogens is 1. The van der Waals surface area contributed by atoms with E-state index in [4.69, 9.17) is 0 Å². The third-order valence-corrected chi connectivity index (χ3v) is 6.46. The summed E-state index contributed by atoms with van der Waals surface area (Å²) in [5.41, 5.74) is 3.29. The van der Waals surface area contributed by atoms with Gasteiger partial charge in [0.1, 0.15) is 17.1 Å². The van der Waals surface area contributed by atoms with Crippen LogP contribution in [0, 0.1) is 12.7 Å². The van der Waals surface area contributed by atoms with Gasteiger partial charge < -0.3 is 15.4 Å². The minimum atomic E-state index is -1.03. The SMILES string of the molecule is Cc1c(C(C2=C(O)C(C)(c3ccccc3)NC2=O)c2ccccc2)[nH]c2ccc(F)cc12. The van der Waals surface area contributed by atoms with Crippen LogP contribution in [-0.2, 0) is 10.3 Å². The normalized spacial score (nSPS) is 19.4. The molecule has 0 bridgehead atoms. The zero-order valence-corrected chi connectivity index (χ0v) is 17.8. The first-order valence-corrected chi connectivity index (χ1v) is 10.5. The summed E-state index contributed by atoms with van der Waals surface area (Å²) in [6.07, 6.45) is 0. The molecule has 1 aromatic heterocycles. The molecule has 2 atom stereocenters. The number of aliphatic hydroxyl groups is 1. The third kappa shape index (κ3) is 3.01. The number of hydrogen-bond donors (Lipinski definition) is 3. The lowest BCUT2D eigenvalue weighted by atomic mass is 9.83. The van der Waals surface area contributed by atoms with Crippen LogP contribution in [0.2, 0.25) is 0 Å². The van der Waals surface area contributed by atoms with Crippen molar-refractivity contribution in [3.8, 4) is 0 Å². The Morgan fingerprint density at radius 2 is 1.62 bits per heavy atom. The highest BCUT2D eigenvalue weighted by atomic mass is 19.1. The Kier molecular flexibility index (Phi) is 4.63. The number of carbonyl (C=O) groups excluding carboxylic acids is 1. The highest BCUT2D eigenvalue weighted by molar-refractivity contribution is 6.01. The summed E-state index contributed by atoms with van der Waals surface area (Å²) in [6.45, 7) is 3.71. The molecule has 2 unspecified atom stereocenters. The van der Waals surface area contributed by atoms with Crippen LogP contribution in [0.15, 0.2) is 90.2 Å². The number of nitrogens with one attached hydrogen (secondary N) is 2. The molecule has 5 heteroatoms. The summed E-state index contributed by atoms with van der Waals surface area (Å²) in [5.74, 6) is -1.20. The van der Waals surface area contributed by atoms with Crippen molar-refractivity contribution in [2.45, 2.75) is 25.3 Å². The van der Waals surface area contributed by atoms with E-state index in [1.807, 2.05) is 67.6 Å². The molecule has 2 heterocycles. The van der Waals surface area contributed by atoms with Crippen molar-refractivity contribution >= 4 is 16.8 Å². The van der Waals surface area contributed by atoms with Crippen molar-refractivity contribution in [2.24, 2.45) is 0 Å². The molecule has 0 spiro atoms. The maximum atomic E-state index is 13.9. The number of aromatic nitrogens is 1. The molecule has 0 saturated carbocycles. The van der Waals surface area contributed by atoms with Crippen molar-refractivity contribution < 1.29 is 14.3 Å². The van der Waals surface area contributed by atoms with Gasteiger partial charge in [-0.05, 0) is 48.7 Å². The summed E-state index contributed by atoms with van der Waals surface area (Å²) in [7, 11) is 0. The molecule has 3 aromatic carbocycles. The molecule has 4 aromatic rings. The molecule has 0 aliphatic carbocycles. The minimum absolute atomic E-state index is 0.00760. The number of aryl methyl sites for hydroxylation is 1. The summed E-state index contributed by atoms with van der Waals surface area (Å²) >= 11 is 0. The van der Waals surface area contributed by atoms with Gasteiger partial charge in [-0.3, -0.25) is 4.79 Å². The Hall–Kier alpha value is -3.86. The summed E-state index contributed by atoms with van der Waals surface area (Å²) in [4.78, 5) is 16.7. The maximum Gasteiger partial charge on any atom is 0.252 e. The fraction of sp³-hybridized carbons (Fsp3) is 0.148. The fourth-order valence-corrected chi connectivity index (χ4v) is 4.71. The van der Waals surface area contributed by atoms with E-state index < -0.39 is 11.5 Å². The number of rotatable bonds is 4. The predicted molar refractivity (Wildman–Crippen MR) is 123 cm³/mol. The first kappa shape index (κ1) is 20.1. The topological polar surface area (TPSA) is 65.1 Å². The number of benzene rings is 3. The van der Waals surface area contributed by atoms with E-state index >= 15 is 0 Å². The van der Waals surface area contributed by atoms with Crippen LogP contribution in [0.5, 0.6) is 0 Å². The lowest BCUT2D eigenvalue weighted by molar-refractivity contribution is -0.118. The molecule has 1 aliphatic rings. The van der Waals surface area contributed by atoms with E-state index in [2.05, 4.69) is 10.3 Å². The Morgan fingerprint density at radius 3 is 2.31 bits per heavy atom. The van der Waals surface area contributed by atoms with Crippen molar-refractivity contribution in [1.82, 2.24) is 10.3 Å². The van der Waals surface area contributed by atoms with E-state index in [-0.39, 0.29) is 23.1 Å². The number of aromatic amines is 1. The van der Waals surface area contributed by atoms with Crippen molar-refractivity contribution in [1.29, 1.82) is 0 Å². The summed E-state index contributed by atoms with van der Waals surface area (Å²) in [5, 5.41) is 15.2. The van der Waals surface area contributed by atoms with Gasteiger partial charge in [0, 0.05) is 16.6 Å². The van der Waals surface area contributed by atoms with Gasteiger partial charge in [-0.15, -0.1) is 0 Å². The standard InChI is InChI=1S/C27H23FN2O2/c1-16-20-15-19(28)13-14-21(20)29-24(16)22(17-9-5-3-6-10-17)23-25(31)27(2,30-26(23)32)18-11-7-4-8-12-18/h3-15,22,29,31H,1-2H3,(H,30,32). The van der Waals surface area contributed by atoms with Crippen LogP contribution in [0.1, 0.15) is 35.2 Å². The molecular formula is C27H23FN2O2. The molecule has 160 valence electrons. The van der Waals surface area contributed by atoms with Crippen LogP contribution >= 0.6 is 0 Å². The smallest absolute Gasteiger partial charge is 0.252 e. The van der Waals surface area contributed by atoms with Crippen LogP contribution in [-0.4, -0.2) is 16.0 Å². The average molecular weight is 426 g/mol.